The Hall–Kier alpha value is -1.59. The zero-order chi connectivity index (χ0) is 53.8. The molecule has 4 heterocycles. The molecule has 0 unspecified atom stereocenters. The number of aliphatic hydroxyl groups excluding tert-OH is 13. The van der Waals surface area contributed by atoms with E-state index in [0.29, 0.717) is 38.5 Å². The summed E-state index contributed by atoms with van der Waals surface area (Å²) in [6.07, 6.45) is -20.7. The summed E-state index contributed by atoms with van der Waals surface area (Å²) >= 11 is 0. The molecule has 9 aliphatic rings. The smallest absolute Gasteiger partial charge is 0.315 e. The number of fused-ring (bicyclic) bond motifs is 7. The van der Waals surface area contributed by atoms with Gasteiger partial charge in [0.25, 0.3) is 0 Å². The summed E-state index contributed by atoms with van der Waals surface area (Å²) in [5.74, 6) is -0.676. The molecule has 8 fully saturated rings. The molecule has 0 radical (unpaired) electrons. The minimum absolute atomic E-state index is 0.0872. The van der Waals surface area contributed by atoms with Crippen LogP contribution in [-0.2, 0) is 42.7 Å². The lowest BCUT2D eigenvalue weighted by molar-refractivity contribution is -0.389. The van der Waals surface area contributed by atoms with Gasteiger partial charge in [-0.1, -0.05) is 53.2 Å². The first-order valence-electron chi connectivity index (χ1n) is 26.8. The van der Waals surface area contributed by atoms with Gasteiger partial charge in [-0.3, -0.25) is 4.79 Å². The van der Waals surface area contributed by atoms with Crippen LogP contribution in [0.5, 0.6) is 0 Å². The molecular weight excluding hydrogens is 977 g/mol. The third kappa shape index (κ3) is 9.16. The average Bonchev–Trinajstić information content (AvgIpc) is 3.36. The van der Waals surface area contributed by atoms with Gasteiger partial charge >= 0.3 is 5.97 Å². The summed E-state index contributed by atoms with van der Waals surface area (Å²) in [6, 6.07) is 0. The molecule has 4 aliphatic heterocycles. The highest BCUT2D eigenvalue weighted by molar-refractivity contribution is 5.79. The van der Waals surface area contributed by atoms with Crippen molar-refractivity contribution in [1.29, 1.82) is 0 Å². The van der Waals surface area contributed by atoms with Crippen LogP contribution in [0.1, 0.15) is 106 Å². The monoisotopic (exact) mass is 1060 g/mol. The van der Waals surface area contributed by atoms with Crippen LogP contribution >= 0.6 is 0 Å². The predicted octanol–water partition coefficient (Wildman–Crippen LogP) is -1.78. The first-order chi connectivity index (χ1) is 34.7. The maximum Gasteiger partial charge on any atom is 0.315 e. The van der Waals surface area contributed by atoms with Gasteiger partial charge in [-0.05, 0) is 104 Å². The minimum atomic E-state index is -1.84. The van der Waals surface area contributed by atoms with Crippen molar-refractivity contribution in [2.24, 2.45) is 50.2 Å². The van der Waals surface area contributed by atoms with Gasteiger partial charge in [0.1, 0.15) is 85.5 Å². The van der Waals surface area contributed by atoms with Gasteiger partial charge in [-0.2, -0.15) is 0 Å². The number of aliphatic hydroxyl groups is 13. The van der Waals surface area contributed by atoms with E-state index in [-0.39, 0.29) is 52.6 Å². The summed E-state index contributed by atoms with van der Waals surface area (Å²) in [7, 11) is 0. The molecule has 0 aromatic heterocycles. The number of ether oxygens (including phenoxy) is 8. The van der Waals surface area contributed by atoms with Crippen molar-refractivity contribution < 1.29 is 109 Å². The molecule has 0 spiro atoms. The summed E-state index contributed by atoms with van der Waals surface area (Å²) < 4.78 is 47.9. The van der Waals surface area contributed by atoms with Gasteiger partial charge in [0.05, 0.1) is 44.6 Å². The van der Waals surface area contributed by atoms with Crippen molar-refractivity contribution in [2.45, 2.75) is 222 Å². The highest BCUT2D eigenvalue weighted by Crippen LogP contribution is 2.76. The second-order valence-corrected chi connectivity index (χ2v) is 25.2. The molecule has 22 nitrogen and oxygen atoms in total. The van der Waals surface area contributed by atoms with Gasteiger partial charge in [-0.15, -0.1) is 0 Å². The summed E-state index contributed by atoms with van der Waals surface area (Å²) in [6.45, 7) is 11.0. The normalized spacial score (nSPS) is 54.4. The quantitative estimate of drug-likeness (QED) is 0.0618. The first-order valence-corrected chi connectivity index (χ1v) is 26.8. The number of carbonyl (C=O) groups is 1. The molecule has 13 N–H and O–H groups in total. The summed E-state index contributed by atoms with van der Waals surface area (Å²) in [5.41, 5.74) is -1.64. The molecule has 4 saturated carbocycles. The van der Waals surface area contributed by atoms with Crippen molar-refractivity contribution in [3.63, 3.8) is 0 Å². The third-order valence-corrected chi connectivity index (χ3v) is 20.8. The van der Waals surface area contributed by atoms with Crippen LogP contribution in [0.2, 0.25) is 0 Å². The van der Waals surface area contributed by atoms with Crippen LogP contribution in [0.15, 0.2) is 11.6 Å². The molecule has 0 aromatic rings. The second-order valence-electron chi connectivity index (χ2n) is 25.2. The molecule has 74 heavy (non-hydrogen) atoms. The van der Waals surface area contributed by atoms with E-state index in [0.717, 1.165) is 25.7 Å². The number of rotatable bonds is 11. The number of carbonyl (C=O) groups excluding carboxylic acids is 1. The van der Waals surface area contributed by atoms with Crippen LogP contribution in [0, 0.1) is 50.2 Å². The summed E-state index contributed by atoms with van der Waals surface area (Å²) in [5, 5.41) is 139. The van der Waals surface area contributed by atoms with E-state index >= 15 is 0 Å². The first kappa shape index (κ1) is 57.1. The molecule has 0 bridgehead atoms. The Morgan fingerprint density at radius 3 is 1.84 bits per heavy atom. The number of hydrogen-bond acceptors (Lipinski definition) is 22. The Bertz CT molecular complexity index is 2030. The van der Waals surface area contributed by atoms with Gasteiger partial charge in [-0.25, -0.2) is 0 Å². The Morgan fingerprint density at radius 1 is 0.595 bits per heavy atom. The fourth-order valence-corrected chi connectivity index (χ4v) is 15.9. The fraction of sp³-hybridized carbons (Fsp3) is 0.942. The molecule has 424 valence electrons. The fourth-order valence-electron chi connectivity index (χ4n) is 15.9. The summed E-state index contributed by atoms with van der Waals surface area (Å²) in [4.78, 5) is 14.7. The molecule has 27 atom stereocenters. The van der Waals surface area contributed by atoms with Crippen LogP contribution in [0.4, 0.5) is 0 Å². The third-order valence-electron chi connectivity index (χ3n) is 20.8. The number of allylic oxidation sites excluding steroid dienone is 2. The molecule has 22 heteroatoms. The zero-order valence-corrected chi connectivity index (χ0v) is 43.4. The SMILES string of the molecule is CC1(C)CC[C@]2(C(=O)O[C@@H]3O[C@H](CO)[C@@H](O)[C@H](O)[C@H]3O)CC[C@]3(C)C(=CC[C@@H]4[C@@]5(C)CC[C@H](O[C@@H]6OC[C@H](O)[C@H](O)[C@H]6O[C@@H]6O[C@H](CO)[C@@H](O)[C@H](O)[C@H]6O[C@@H]6OC[C@H](O)[C@H](O)[C@H]6O)[C@@](C)(CO)[C@@H]5CC[C@]43C)[C@@H]2C1. The molecule has 0 amide bonds. The van der Waals surface area contributed by atoms with Gasteiger partial charge in [0.2, 0.25) is 6.29 Å². The molecule has 4 saturated heterocycles. The van der Waals surface area contributed by atoms with Crippen LogP contribution < -0.4 is 0 Å². The molecule has 9 rings (SSSR count). The van der Waals surface area contributed by atoms with Crippen molar-refractivity contribution in [3.05, 3.63) is 11.6 Å². The number of esters is 1. The largest absolute Gasteiger partial charge is 0.432 e. The maximum atomic E-state index is 14.7. The predicted molar refractivity (Wildman–Crippen MR) is 252 cm³/mol. The van der Waals surface area contributed by atoms with E-state index in [4.69, 9.17) is 37.9 Å². The zero-order valence-electron chi connectivity index (χ0n) is 43.4. The molecule has 5 aliphatic carbocycles. The standard InChI is InChI=1S/C52H84O22/c1-47(2)13-15-52(46(66)74-43-39(65)36(62)34(60)27(18-53)69-43)16-14-50(5)23(24(52)17-47)7-8-30-48(3)11-10-31(49(4,22-55)29(48)9-12-51(30,50)6)71-44-40(33(59)26(57)21-68-44)73-45-41(37(63)35(61)28(19-54)70-45)72-42-38(64)32(58)25(56)20-67-42/h7,24-45,53-65H,8-22H2,1-6H3/t24-,25-,26-,27+,28+,29+,30+,31-,32-,33-,34+,35+,36-,37-,38+,39+,40+,41+,42-,43-,44-,45-,48-,49-,50+,51+,52-/m0/s1. The van der Waals surface area contributed by atoms with E-state index in [9.17, 15) is 71.2 Å². The van der Waals surface area contributed by atoms with Crippen molar-refractivity contribution in [3.8, 4) is 0 Å². The minimum Gasteiger partial charge on any atom is -0.432 e. The highest BCUT2D eigenvalue weighted by Gasteiger charge is 2.71. The van der Waals surface area contributed by atoms with E-state index in [1.165, 1.54) is 5.57 Å². The Kier molecular flexibility index (Phi) is 16.1. The maximum absolute atomic E-state index is 14.7. The van der Waals surface area contributed by atoms with E-state index in [2.05, 4.69) is 40.7 Å². The van der Waals surface area contributed by atoms with Crippen LogP contribution in [0.3, 0.4) is 0 Å². The van der Waals surface area contributed by atoms with E-state index in [1.54, 1.807) is 0 Å². The Balaban J connectivity index is 0.958. The lowest BCUT2D eigenvalue weighted by Gasteiger charge is -2.71. The van der Waals surface area contributed by atoms with E-state index in [1.807, 2.05) is 6.92 Å². The van der Waals surface area contributed by atoms with Crippen LogP contribution in [0.25, 0.3) is 0 Å². The lowest BCUT2D eigenvalue weighted by atomic mass is 9.33. The van der Waals surface area contributed by atoms with Gasteiger partial charge in [0, 0.05) is 5.41 Å². The average molecular weight is 1060 g/mol. The Morgan fingerprint density at radius 2 is 1.18 bits per heavy atom. The molecular formula is C52H84O22. The highest BCUT2D eigenvalue weighted by atomic mass is 16.8. The Labute approximate surface area is 431 Å². The van der Waals surface area contributed by atoms with Gasteiger partial charge in [0.15, 0.2) is 18.9 Å². The second kappa shape index (κ2) is 20.8. The van der Waals surface area contributed by atoms with Crippen molar-refractivity contribution >= 4 is 5.97 Å². The van der Waals surface area contributed by atoms with Crippen molar-refractivity contribution in [2.75, 3.05) is 33.0 Å². The van der Waals surface area contributed by atoms with E-state index < -0.39 is 153 Å². The van der Waals surface area contributed by atoms with Crippen molar-refractivity contribution in [1.82, 2.24) is 0 Å². The van der Waals surface area contributed by atoms with Crippen LogP contribution in [-0.4, -0.2) is 222 Å². The topological polar surface area (TPSA) is 354 Å². The molecule has 0 aromatic carbocycles. The lowest BCUT2D eigenvalue weighted by Crippen LogP contribution is -2.67. The van der Waals surface area contributed by atoms with Gasteiger partial charge < -0.3 is 104 Å². The number of hydrogen-bond donors (Lipinski definition) is 13.